The molecule has 0 amide bonds. The van der Waals surface area contributed by atoms with Crippen LogP contribution in [-0.4, -0.2) is 40.4 Å². The summed E-state index contributed by atoms with van der Waals surface area (Å²) in [4.78, 5) is 47.7. The zero-order valence-corrected chi connectivity index (χ0v) is 28.2. The summed E-state index contributed by atoms with van der Waals surface area (Å²) in [6.45, 7) is 4.85. The second kappa shape index (κ2) is 16.1. The average molecular weight is 732 g/mol. The molecule has 4 rings (SSSR count). The molecule has 0 fully saturated rings. The number of benzene rings is 3. The number of hydrogen-bond acceptors (Lipinski definition) is 8. The van der Waals surface area contributed by atoms with Crippen LogP contribution in [0.2, 0.25) is 15.1 Å². The highest BCUT2D eigenvalue weighted by Crippen LogP contribution is 2.32. The third kappa shape index (κ3) is 9.78. The molecule has 48 heavy (non-hydrogen) atoms. The Morgan fingerprint density at radius 1 is 0.833 bits per heavy atom. The fraction of sp³-hybridized carbons (Fsp3) is 0.250. The van der Waals surface area contributed by atoms with Crippen LogP contribution in [0.4, 0.5) is 13.2 Å². The van der Waals surface area contributed by atoms with E-state index in [9.17, 15) is 32.3 Å². The molecule has 1 unspecified atom stereocenters. The Labute approximate surface area is 287 Å². The van der Waals surface area contributed by atoms with Crippen molar-refractivity contribution in [2.45, 2.75) is 39.2 Å². The van der Waals surface area contributed by atoms with Gasteiger partial charge in [-0.15, -0.1) is 0 Å². The molecule has 0 aliphatic carbocycles. The van der Waals surface area contributed by atoms with Gasteiger partial charge in [0.1, 0.15) is 22.9 Å². The molecule has 1 heterocycles. The van der Waals surface area contributed by atoms with Gasteiger partial charge in [0.15, 0.2) is 6.10 Å². The van der Waals surface area contributed by atoms with Gasteiger partial charge in [-0.3, -0.25) is 9.36 Å². The fourth-order valence-corrected chi connectivity index (χ4v) is 4.55. The van der Waals surface area contributed by atoms with Gasteiger partial charge in [-0.05, 0) is 81.4 Å². The second-order valence-corrected chi connectivity index (χ2v) is 11.3. The molecule has 4 aromatic rings. The lowest BCUT2D eigenvalue weighted by molar-refractivity contribution is -0.148. The maximum absolute atomic E-state index is 12.9. The quantitative estimate of drug-likeness (QED) is 0.171. The van der Waals surface area contributed by atoms with E-state index in [-0.39, 0.29) is 16.3 Å². The number of rotatable bonds is 8. The van der Waals surface area contributed by atoms with E-state index in [0.717, 1.165) is 13.1 Å². The molecule has 256 valence electrons. The smallest absolute Gasteiger partial charge is 0.431 e. The Morgan fingerprint density at radius 3 is 2.02 bits per heavy atom. The molecule has 3 aromatic carbocycles. The lowest BCUT2D eigenvalue weighted by atomic mass is 10.2. The molecular formula is C32H28Cl3F3N2O8. The third-order valence-corrected chi connectivity index (χ3v) is 7.03. The number of carbonyl (C=O) groups excluding carboxylic acids is 2. The van der Waals surface area contributed by atoms with E-state index >= 15 is 0 Å². The second-order valence-electron chi connectivity index (χ2n) is 10.1. The van der Waals surface area contributed by atoms with Crippen molar-refractivity contribution in [3.8, 4) is 22.9 Å². The van der Waals surface area contributed by atoms with E-state index < -0.39 is 47.3 Å². The zero-order valence-electron chi connectivity index (χ0n) is 25.9. The standard InChI is InChI=1S/C16H14Cl2O4.C16H14ClF3N2O4/c1-10(16(19)20-2)21-12-4-6-13(7-5-12)22-15-8-3-11(17)9-14(15)18;1-8(2)26-14(24)10-6-9(4-5-11(10)17)22-13(23)7-12(16(18,19)20)21(3)15(22)25/h3-10H,1-2H3;4-8H,1-3H3. The third-order valence-electron chi connectivity index (χ3n) is 6.17. The van der Waals surface area contributed by atoms with Gasteiger partial charge >= 0.3 is 23.8 Å². The summed E-state index contributed by atoms with van der Waals surface area (Å²) in [5.74, 6) is 0.398. The van der Waals surface area contributed by atoms with Crippen LogP contribution in [0, 0.1) is 0 Å². The predicted octanol–water partition coefficient (Wildman–Crippen LogP) is 7.50. The van der Waals surface area contributed by atoms with Gasteiger partial charge in [0, 0.05) is 18.1 Å². The van der Waals surface area contributed by atoms with E-state index in [4.69, 9.17) is 49.0 Å². The van der Waals surface area contributed by atoms with Gasteiger partial charge in [0.25, 0.3) is 5.56 Å². The van der Waals surface area contributed by atoms with Crippen LogP contribution in [0.25, 0.3) is 5.69 Å². The van der Waals surface area contributed by atoms with Crippen molar-refractivity contribution < 1.29 is 41.7 Å². The summed E-state index contributed by atoms with van der Waals surface area (Å²) >= 11 is 17.8. The van der Waals surface area contributed by atoms with E-state index in [0.29, 0.717) is 42.5 Å². The molecule has 0 radical (unpaired) electrons. The monoisotopic (exact) mass is 730 g/mol. The van der Waals surface area contributed by atoms with Crippen LogP contribution in [0.1, 0.15) is 36.8 Å². The highest BCUT2D eigenvalue weighted by atomic mass is 35.5. The molecule has 0 bridgehead atoms. The van der Waals surface area contributed by atoms with Crippen LogP contribution < -0.4 is 20.7 Å². The van der Waals surface area contributed by atoms with Crippen molar-refractivity contribution in [1.29, 1.82) is 0 Å². The van der Waals surface area contributed by atoms with Gasteiger partial charge in [-0.25, -0.2) is 19.0 Å². The first kappa shape index (κ1) is 38.0. The number of nitrogens with zero attached hydrogens (tertiary/aromatic N) is 2. The Kier molecular flexibility index (Phi) is 12.7. The number of esters is 2. The van der Waals surface area contributed by atoms with Crippen molar-refractivity contribution >= 4 is 46.7 Å². The first-order chi connectivity index (χ1) is 22.4. The molecule has 1 atom stereocenters. The van der Waals surface area contributed by atoms with Gasteiger partial charge in [-0.2, -0.15) is 13.2 Å². The van der Waals surface area contributed by atoms with Gasteiger partial charge in [-0.1, -0.05) is 34.8 Å². The highest BCUT2D eigenvalue weighted by Gasteiger charge is 2.35. The highest BCUT2D eigenvalue weighted by molar-refractivity contribution is 6.35. The average Bonchev–Trinajstić information content (AvgIpc) is 3.01. The largest absolute Gasteiger partial charge is 0.479 e. The lowest BCUT2D eigenvalue weighted by Gasteiger charge is -2.15. The number of aromatic nitrogens is 2. The Hall–Kier alpha value is -4.46. The van der Waals surface area contributed by atoms with Crippen molar-refractivity contribution in [3.05, 3.63) is 114 Å². The Morgan fingerprint density at radius 2 is 1.46 bits per heavy atom. The molecule has 0 saturated heterocycles. The number of hydrogen-bond donors (Lipinski definition) is 0. The number of methoxy groups -OCH3 is 1. The number of halogens is 6. The molecular weight excluding hydrogens is 704 g/mol. The van der Waals surface area contributed by atoms with E-state index in [1.54, 1.807) is 63.2 Å². The summed E-state index contributed by atoms with van der Waals surface area (Å²) in [6, 6.07) is 15.7. The van der Waals surface area contributed by atoms with Crippen molar-refractivity contribution in [2.75, 3.05) is 7.11 Å². The normalized spacial score (nSPS) is 11.7. The van der Waals surface area contributed by atoms with Gasteiger partial charge < -0.3 is 18.9 Å². The van der Waals surface area contributed by atoms with Crippen molar-refractivity contribution in [1.82, 2.24) is 9.13 Å². The Balaban J connectivity index is 0.000000264. The first-order valence-electron chi connectivity index (χ1n) is 13.8. The molecule has 0 spiro atoms. The summed E-state index contributed by atoms with van der Waals surface area (Å²) in [7, 11) is 2.21. The molecule has 16 heteroatoms. The van der Waals surface area contributed by atoms with E-state index in [1.807, 2.05) is 0 Å². The first-order valence-corrected chi connectivity index (χ1v) is 14.9. The lowest BCUT2D eigenvalue weighted by Crippen LogP contribution is -2.40. The van der Waals surface area contributed by atoms with E-state index in [2.05, 4.69) is 4.74 Å². The zero-order chi connectivity index (χ0) is 35.9. The van der Waals surface area contributed by atoms with Crippen molar-refractivity contribution in [2.24, 2.45) is 7.05 Å². The summed E-state index contributed by atoms with van der Waals surface area (Å²) in [5.41, 5.74) is -4.01. The van der Waals surface area contributed by atoms with Gasteiger partial charge in [0.05, 0.1) is 34.5 Å². The predicted molar refractivity (Wildman–Crippen MR) is 173 cm³/mol. The SMILES string of the molecule is CC(C)OC(=O)c1cc(-n2c(=O)cc(C(F)(F)F)n(C)c2=O)ccc1Cl.COC(=O)C(C)Oc1ccc(Oc2ccc(Cl)cc2Cl)cc1. The number of alkyl halides is 3. The number of carbonyl (C=O) groups is 2. The van der Waals surface area contributed by atoms with E-state index in [1.165, 1.54) is 19.2 Å². The maximum Gasteiger partial charge on any atom is 0.431 e. The minimum absolute atomic E-state index is 0.0104. The minimum atomic E-state index is -4.86. The van der Waals surface area contributed by atoms with Crippen LogP contribution in [0.15, 0.2) is 76.3 Å². The molecule has 0 saturated carbocycles. The van der Waals surface area contributed by atoms with Crippen molar-refractivity contribution in [3.63, 3.8) is 0 Å². The van der Waals surface area contributed by atoms with Crippen LogP contribution in [-0.2, 0) is 27.5 Å². The van der Waals surface area contributed by atoms with Gasteiger partial charge in [0.2, 0.25) is 0 Å². The topological polar surface area (TPSA) is 115 Å². The van der Waals surface area contributed by atoms with Crippen LogP contribution in [0.3, 0.4) is 0 Å². The Bertz CT molecular complexity index is 1910. The fourth-order valence-electron chi connectivity index (χ4n) is 3.91. The van der Waals surface area contributed by atoms with Crippen LogP contribution >= 0.6 is 34.8 Å². The molecule has 0 aliphatic heterocycles. The minimum Gasteiger partial charge on any atom is -0.479 e. The molecule has 10 nitrogen and oxygen atoms in total. The molecule has 0 N–H and O–H groups in total. The summed E-state index contributed by atoms with van der Waals surface area (Å²) < 4.78 is 60.2. The summed E-state index contributed by atoms with van der Waals surface area (Å²) in [6.07, 6.45) is -5.98. The summed E-state index contributed by atoms with van der Waals surface area (Å²) in [5, 5.41) is 0.973. The molecule has 1 aromatic heterocycles. The number of ether oxygens (including phenoxy) is 4. The van der Waals surface area contributed by atoms with Crippen LogP contribution in [0.5, 0.6) is 17.2 Å². The maximum atomic E-state index is 12.9. The molecule has 0 aliphatic rings.